The molecule has 118 valence electrons. The number of nitrogens with two attached hydrogens (primary N) is 1. The maximum Gasteiger partial charge on any atom is 0.193 e. The van der Waals surface area contributed by atoms with E-state index in [0.29, 0.717) is 5.96 Å². The Hall–Kier alpha value is -1.55. The molecule has 0 saturated heterocycles. The zero-order valence-electron chi connectivity index (χ0n) is 13.4. The van der Waals surface area contributed by atoms with E-state index in [9.17, 15) is 0 Å². The van der Waals surface area contributed by atoms with Gasteiger partial charge in [-0.25, -0.2) is 0 Å². The zero-order valence-corrected chi connectivity index (χ0v) is 13.4. The van der Waals surface area contributed by atoms with Gasteiger partial charge in [-0.3, -0.25) is 4.99 Å². The Balaban J connectivity index is 2.55. The number of aryl methyl sites for hydroxylation is 2. The van der Waals surface area contributed by atoms with E-state index in [4.69, 9.17) is 10.8 Å². The molecule has 0 atom stereocenters. The van der Waals surface area contributed by atoms with E-state index in [1.165, 1.54) is 11.1 Å². The Labute approximate surface area is 128 Å². The van der Waals surface area contributed by atoms with Gasteiger partial charge in [-0.15, -0.1) is 0 Å². The molecule has 1 aromatic rings. The van der Waals surface area contributed by atoms with Gasteiger partial charge in [-0.05, 0) is 36.8 Å². The average molecular weight is 291 g/mol. The van der Waals surface area contributed by atoms with Gasteiger partial charge in [-0.2, -0.15) is 0 Å². The average Bonchev–Trinajstić information content (AvgIpc) is 2.51. The number of aliphatic hydroxyl groups is 1. The van der Waals surface area contributed by atoms with Crippen molar-refractivity contribution in [1.82, 2.24) is 0 Å². The molecule has 0 aromatic heterocycles. The van der Waals surface area contributed by atoms with Crippen molar-refractivity contribution in [3.8, 4) is 0 Å². The Bertz CT molecular complexity index is 421. The van der Waals surface area contributed by atoms with E-state index in [-0.39, 0.29) is 6.61 Å². The summed E-state index contributed by atoms with van der Waals surface area (Å²) in [6.45, 7) is 5.31. The van der Waals surface area contributed by atoms with Crippen molar-refractivity contribution in [3.05, 3.63) is 29.3 Å². The van der Waals surface area contributed by atoms with Gasteiger partial charge in [0.1, 0.15) is 0 Å². The first-order valence-electron chi connectivity index (χ1n) is 8.01. The highest BCUT2D eigenvalue weighted by atomic mass is 16.2. The van der Waals surface area contributed by atoms with Crippen molar-refractivity contribution >= 4 is 11.6 Å². The van der Waals surface area contributed by atoms with Crippen LogP contribution in [0.15, 0.2) is 23.2 Å². The number of anilines is 1. The van der Waals surface area contributed by atoms with Crippen LogP contribution in [0.25, 0.3) is 0 Å². The molecule has 1 aromatic carbocycles. The third kappa shape index (κ3) is 6.17. The third-order valence-corrected chi connectivity index (χ3v) is 3.60. The highest BCUT2D eigenvalue weighted by Gasteiger charge is 2.06. The first kappa shape index (κ1) is 17.5. The fourth-order valence-electron chi connectivity index (χ4n) is 2.35. The molecule has 0 unspecified atom stereocenters. The quantitative estimate of drug-likeness (QED) is 0.372. The van der Waals surface area contributed by atoms with Crippen LogP contribution in [0.2, 0.25) is 0 Å². The Morgan fingerprint density at radius 1 is 1.10 bits per heavy atom. The summed E-state index contributed by atoms with van der Waals surface area (Å²) in [7, 11) is 0. The van der Waals surface area contributed by atoms with Crippen LogP contribution in [-0.4, -0.2) is 24.2 Å². The normalized spacial score (nSPS) is 11.7. The number of nitrogens with one attached hydrogen (secondary N) is 1. The fourth-order valence-corrected chi connectivity index (χ4v) is 2.35. The first-order chi connectivity index (χ1) is 10.2. The number of aliphatic hydroxyl groups excluding tert-OH is 1. The second-order valence-corrected chi connectivity index (χ2v) is 5.19. The molecule has 0 fully saturated rings. The van der Waals surface area contributed by atoms with Crippen LogP contribution in [0.5, 0.6) is 0 Å². The SMILES string of the molecule is CCc1cccc(CC)c1NC(N)=NCCCCCCO. The molecule has 4 heteroatoms. The summed E-state index contributed by atoms with van der Waals surface area (Å²) in [4.78, 5) is 4.39. The minimum Gasteiger partial charge on any atom is -0.396 e. The largest absolute Gasteiger partial charge is 0.396 e. The van der Waals surface area contributed by atoms with E-state index in [1.54, 1.807) is 0 Å². The molecule has 0 bridgehead atoms. The lowest BCUT2D eigenvalue weighted by Crippen LogP contribution is -2.24. The second-order valence-electron chi connectivity index (χ2n) is 5.19. The Kier molecular flexibility index (Phi) is 8.51. The molecule has 0 amide bonds. The number of hydrogen-bond acceptors (Lipinski definition) is 2. The van der Waals surface area contributed by atoms with E-state index in [0.717, 1.165) is 50.8 Å². The molecule has 0 saturated carbocycles. The lowest BCUT2D eigenvalue weighted by atomic mass is 10.0. The minimum atomic E-state index is 0.278. The van der Waals surface area contributed by atoms with E-state index >= 15 is 0 Å². The van der Waals surface area contributed by atoms with Gasteiger partial charge in [-0.1, -0.05) is 44.9 Å². The molecule has 0 radical (unpaired) electrons. The van der Waals surface area contributed by atoms with Gasteiger partial charge >= 0.3 is 0 Å². The fraction of sp³-hybridized carbons (Fsp3) is 0.588. The predicted molar refractivity (Wildman–Crippen MR) is 90.9 cm³/mol. The van der Waals surface area contributed by atoms with Crippen molar-refractivity contribution < 1.29 is 5.11 Å². The maximum atomic E-state index is 8.72. The predicted octanol–water partition coefficient (Wildman–Crippen LogP) is 3.09. The number of rotatable bonds is 9. The number of para-hydroxylation sites is 1. The monoisotopic (exact) mass is 291 g/mol. The van der Waals surface area contributed by atoms with E-state index in [2.05, 4.69) is 42.4 Å². The second kappa shape index (κ2) is 10.2. The summed E-state index contributed by atoms with van der Waals surface area (Å²) in [6.07, 6.45) is 5.98. The molecular weight excluding hydrogens is 262 g/mol. The van der Waals surface area contributed by atoms with Crippen molar-refractivity contribution in [2.24, 2.45) is 10.7 Å². The summed E-state index contributed by atoms with van der Waals surface area (Å²) in [6, 6.07) is 6.35. The summed E-state index contributed by atoms with van der Waals surface area (Å²) in [5.41, 5.74) is 9.65. The van der Waals surface area contributed by atoms with Crippen LogP contribution in [0.3, 0.4) is 0 Å². The topological polar surface area (TPSA) is 70.6 Å². The van der Waals surface area contributed by atoms with Crippen LogP contribution in [0, 0.1) is 0 Å². The van der Waals surface area contributed by atoms with Crippen LogP contribution in [-0.2, 0) is 12.8 Å². The van der Waals surface area contributed by atoms with Crippen LogP contribution >= 0.6 is 0 Å². The molecule has 0 aliphatic rings. The van der Waals surface area contributed by atoms with Gasteiger partial charge in [0.2, 0.25) is 0 Å². The van der Waals surface area contributed by atoms with Crippen LogP contribution in [0.1, 0.15) is 50.7 Å². The number of benzene rings is 1. The third-order valence-electron chi connectivity index (χ3n) is 3.60. The highest BCUT2D eigenvalue weighted by molar-refractivity contribution is 5.93. The van der Waals surface area contributed by atoms with Gasteiger partial charge in [0.05, 0.1) is 0 Å². The lowest BCUT2D eigenvalue weighted by Gasteiger charge is -2.14. The molecule has 4 N–H and O–H groups in total. The Morgan fingerprint density at radius 2 is 1.71 bits per heavy atom. The molecule has 4 nitrogen and oxygen atoms in total. The van der Waals surface area contributed by atoms with Crippen molar-refractivity contribution in [3.63, 3.8) is 0 Å². The summed E-state index contributed by atoms with van der Waals surface area (Å²) < 4.78 is 0. The number of nitrogens with zero attached hydrogens (tertiary/aromatic N) is 1. The molecule has 1 rings (SSSR count). The van der Waals surface area contributed by atoms with Crippen molar-refractivity contribution in [1.29, 1.82) is 0 Å². The number of unbranched alkanes of at least 4 members (excludes halogenated alkanes) is 3. The summed E-state index contributed by atoms with van der Waals surface area (Å²) in [5.74, 6) is 0.493. The van der Waals surface area contributed by atoms with Crippen LogP contribution < -0.4 is 11.1 Å². The highest BCUT2D eigenvalue weighted by Crippen LogP contribution is 2.22. The van der Waals surface area contributed by atoms with Crippen molar-refractivity contribution in [2.75, 3.05) is 18.5 Å². The van der Waals surface area contributed by atoms with Gasteiger partial charge < -0.3 is 16.2 Å². The summed E-state index contributed by atoms with van der Waals surface area (Å²) in [5, 5.41) is 12.0. The summed E-state index contributed by atoms with van der Waals surface area (Å²) >= 11 is 0. The number of aliphatic imine (C=N–C) groups is 1. The van der Waals surface area contributed by atoms with E-state index < -0.39 is 0 Å². The number of hydrogen-bond donors (Lipinski definition) is 3. The first-order valence-corrected chi connectivity index (χ1v) is 8.01. The molecule has 0 aliphatic heterocycles. The zero-order chi connectivity index (χ0) is 15.5. The minimum absolute atomic E-state index is 0.278. The smallest absolute Gasteiger partial charge is 0.193 e. The van der Waals surface area contributed by atoms with Gasteiger partial charge in [0, 0.05) is 18.8 Å². The maximum absolute atomic E-state index is 8.72. The van der Waals surface area contributed by atoms with Gasteiger partial charge in [0.15, 0.2) is 5.96 Å². The molecular formula is C17H29N3O. The van der Waals surface area contributed by atoms with Gasteiger partial charge in [0.25, 0.3) is 0 Å². The van der Waals surface area contributed by atoms with Crippen molar-refractivity contribution in [2.45, 2.75) is 52.4 Å². The number of guanidine groups is 1. The standard InChI is InChI=1S/C17H29N3O/c1-3-14-10-9-11-15(4-2)16(14)20-17(18)19-12-7-5-6-8-13-21/h9-11,21H,3-8,12-13H2,1-2H3,(H3,18,19,20). The molecule has 0 heterocycles. The van der Waals surface area contributed by atoms with E-state index in [1.807, 2.05) is 0 Å². The van der Waals surface area contributed by atoms with Crippen LogP contribution in [0.4, 0.5) is 5.69 Å². The lowest BCUT2D eigenvalue weighted by molar-refractivity contribution is 0.282. The molecule has 0 aliphatic carbocycles. The molecule has 21 heavy (non-hydrogen) atoms. The molecule has 0 spiro atoms. The Morgan fingerprint density at radius 3 is 2.29 bits per heavy atom.